The van der Waals surface area contributed by atoms with Gasteiger partial charge in [0.05, 0.1) is 0 Å². The molecule has 0 aliphatic rings. The summed E-state index contributed by atoms with van der Waals surface area (Å²) in [5.41, 5.74) is 12.6. The van der Waals surface area contributed by atoms with Crippen molar-refractivity contribution in [2.24, 2.45) is 11.5 Å². The highest BCUT2D eigenvalue weighted by molar-refractivity contribution is 5.76. The predicted octanol–water partition coefficient (Wildman–Crippen LogP) is 2.53. The van der Waals surface area contributed by atoms with Crippen LogP contribution in [-0.2, 0) is 27.2 Å². The largest absolute Gasteiger partial charge is 0.480 e. The Hall–Kier alpha value is -4.42. The zero-order valence-corrected chi connectivity index (χ0v) is 20.5. The molecule has 1 heterocycles. The first-order valence-corrected chi connectivity index (χ1v) is 11.2. The Morgan fingerprint density at radius 1 is 0.789 bits per heavy atom. The van der Waals surface area contributed by atoms with Crippen molar-refractivity contribution < 1.29 is 38.5 Å². The predicted molar refractivity (Wildman–Crippen MR) is 136 cm³/mol. The average Bonchev–Trinajstić information content (AvgIpc) is 2.86. The van der Waals surface area contributed by atoms with Gasteiger partial charge in [-0.25, -0.2) is 8.78 Å². The van der Waals surface area contributed by atoms with Crippen molar-refractivity contribution in [2.45, 2.75) is 37.9 Å². The van der Waals surface area contributed by atoms with Crippen LogP contribution >= 0.6 is 0 Å². The maximum Gasteiger partial charge on any atom is 0.325 e. The summed E-state index contributed by atoms with van der Waals surface area (Å²) in [6, 6.07) is 12.3. The standard InChI is InChI=1S/2C9H10FNO2.C8H10N2O2/c10-7-3-1-6(2-4-7)5-8(11)9(12)13;10-7-3-1-2-6(4-7)5-8(11)9(12)13;1-6(8(11)12)10-7-2-4-9-5-3-7/h2*1-4,8H,5,11H2,(H,12,13);2-6H,1H3,(H,9,10)(H,11,12)/t2*8-;6-/m000/s1. The summed E-state index contributed by atoms with van der Waals surface area (Å²) in [6.45, 7) is 1.59. The monoisotopic (exact) mass is 532 g/mol. The minimum Gasteiger partial charge on any atom is -0.480 e. The van der Waals surface area contributed by atoms with Crippen molar-refractivity contribution in [3.05, 3.63) is 95.8 Å². The Morgan fingerprint density at radius 2 is 1.32 bits per heavy atom. The number of carbonyl (C=O) groups is 3. The molecule has 1 aromatic heterocycles. The third kappa shape index (κ3) is 13.0. The van der Waals surface area contributed by atoms with Crippen LogP contribution in [0.1, 0.15) is 18.1 Å². The topological polar surface area (TPSA) is 189 Å². The number of nitrogens with one attached hydrogen (secondary N) is 1. The van der Waals surface area contributed by atoms with Gasteiger partial charge >= 0.3 is 17.9 Å². The van der Waals surface area contributed by atoms with E-state index in [4.69, 9.17) is 26.8 Å². The van der Waals surface area contributed by atoms with E-state index < -0.39 is 36.0 Å². The lowest BCUT2D eigenvalue weighted by molar-refractivity contribution is -0.139. The van der Waals surface area contributed by atoms with Crippen LogP contribution in [0.25, 0.3) is 0 Å². The number of carboxylic acids is 3. The molecule has 0 unspecified atom stereocenters. The molecule has 0 bridgehead atoms. The first kappa shape index (κ1) is 31.6. The molecule has 0 fully saturated rings. The van der Waals surface area contributed by atoms with Crippen LogP contribution in [0.15, 0.2) is 73.1 Å². The fourth-order valence-electron chi connectivity index (χ4n) is 2.73. The summed E-state index contributed by atoms with van der Waals surface area (Å²) in [5.74, 6) is -3.72. The summed E-state index contributed by atoms with van der Waals surface area (Å²) >= 11 is 0. The highest BCUT2D eigenvalue weighted by Crippen LogP contribution is 2.07. The molecule has 8 N–H and O–H groups in total. The second-order valence-electron chi connectivity index (χ2n) is 7.99. The van der Waals surface area contributed by atoms with E-state index in [1.807, 2.05) is 0 Å². The number of pyridine rings is 1. The number of aliphatic carboxylic acids is 3. The molecule has 3 aromatic rings. The second kappa shape index (κ2) is 16.3. The van der Waals surface area contributed by atoms with Crippen molar-refractivity contribution in [1.82, 2.24) is 4.98 Å². The number of carboxylic acid groups (broad SMARTS) is 3. The molecular formula is C26H30F2N4O6. The van der Waals surface area contributed by atoms with E-state index in [1.165, 1.54) is 42.5 Å². The minimum absolute atomic E-state index is 0.146. The maximum atomic E-state index is 12.6. The van der Waals surface area contributed by atoms with Gasteiger partial charge in [0.2, 0.25) is 0 Å². The van der Waals surface area contributed by atoms with E-state index >= 15 is 0 Å². The zero-order valence-electron chi connectivity index (χ0n) is 20.5. The second-order valence-corrected chi connectivity index (χ2v) is 7.99. The van der Waals surface area contributed by atoms with Crippen molar-refractivity contribution in [2.75, 3.05) is 5.32 Å². The Bertz CT molecular complexity index is 1170. The minimum atomic E-state index is -1.08. The number of benzene rings is 2. The van der Waals surface area contributed by atoms with Gasteiger partial charge in [0.15, 0.2) is 0 Å². The Kier molecular flexibility index (Phi) is 13.6. The Morgan fingerprint density at radius 3 is 1.79 bits per heavy atom. The van der Waals surface area contributed by atoms with Gasteiger partial charge in [-0.05, 0) is 67.3 Å². The van der Waals surface area contributed by atoms with Gasteiger partial charge in [0, 0.05) is 18.1 Å². The maximum absolute atomic E-state index is 12.6. The van der Waals surface area contributed by atoms with Gasteiger partial charge in [-0.15, -0.1) is 0 Å². The van der Waals surface area contributed by atoms with Crippen molar-refractivity contribution in [1.29, 1.82) is 0 Å². The van der Waals surface area contributed by atoms with E-state index in [-0.39, 0.29) is 24.5 Å². The third-order valence-corrected chi connectivity index (χ3v) is 4.78. The third-order valence-electron chi connectivity index (χ3n) is 4.78. The Balaban J connectivity index is 0.000000285. The molecule has 10 nitrogen and oxygen atoms in total. The van der Waals surface area contributed by atoms with Gasteiger partial charge in [0.25, 0.3) is 0 Å². The molecule has 3 atom stereocenters. The summed E-state index contributed by atoms with van der Waals surface area (Å²) in [6.07, 6.45) is 3.58. The fraction of sp³-hybridized carbons (Fsp3) is 0.231. The van der Waals surface area contributed by atoms with E-state index in [0.717, 1.165) is 11.3 Å². The number of aromatic nitrogens is 1. The van der Waals surface area contributed by atoms with Crippen LogP contribution in [0, 0.1) is 11.6 Å². The van der Waals surface area contributed by atoms with Crippen LogP contribution in [0.4, 0.5) is 14.5 Å². The first-order valence-electron chi connectivity index (χ1n) is 11.2. The number of hydrogen-bond acceptors (Lipinski definition) is 7. The van der Waals surface area contributed by atoms with E-state index in [2.05, 4.69) is 10.3 Å². The summed E-state index contributed by atoms with van der Waals surface area (Å²) in [4.78, 5) is 35.0. The van der Waals surface area contributed by atoms with Crippen LogP contribution in [-0.4, -0.2) is 56.3 Å². The van der Waals surface area contributed by atoms with E-state index in [0.29, 0.717) is 5.56 Å². The SMILES string of the molecule is C[C@H](Nc1ccncc1)C(=O)O.N[C@@H](Cc1ccc(F)cc1)C(=O)O.N[C@@H](Cc1cccc(F)c1)C(=O)O. The molecular weight excluding hydrogens is 502 g/mol. The lowest BCUT2D eigenvalue weighted by Gasteiger charge is -2.09. The number of rotatable bonds is 9. The lowest BCUT2D eigenvalue weighted by atomic mass is 10.1. The summed E-state index contributed by atoms with van der Waals surface area (Å²) < 4.78 is 25.1. The zero-order chi connectivity index (χ0) is 28.7. The number of hydrogen-bond donors (Lipinski definition) is 6. The lowest BCUT2D eigenvalue weighted by Crippen LogP contribution is -2.32. The molecule has 0 aliphatic heterocycles. The molecule has 204 valence electrons. The van der Waals surface area contributed by atoms with Gasteiger partial charge < -0.3 is 32.1 Å². The first-order chi connectivity index (χ1) is 17.9. The van der Waals surface area contributed by atoms with Gasteiger partial charge in [-0.1, -0.05) is 24.3 Å². The summed E-state index contributed by atoms with van der Waals surface area (Å²) in [7, 11) is 0. The van der Waals surface area contributed by atoms with Crippen molar-refractivity contribution in [3.8, 4) is 0 Å². The molecule has 12 heteroatoms. The highest BCUT2D eigenvalue weighted by Gasteiger charge is 2.12. The normalized spacial score (nSPS) is 12.3. The smallest absolute Gasteiger partial charge is 0.325 e. The molecule has 0 saturated heterocycles. The fourth-order valence-corrected chi connectivity index (χ4v) is 2.73. The number of nitrogens with zero attached hydrogens (tertiary/aromatic N) is 1. The van der Waals surface area contributed by atoms with Gasteiger partial charge in [-0.3, -0.25) is 19.4 Å². The molecule has 0 amide bonds. The Labute approximate surface area is 217 Å². The molecule has 0 radical (unpaired) electrons. The quantitative estimate of drug-likeness (QED) is 0.239. The molecule has 38 heavy (non-hydrogen) atoms. The van der Waals surface area contributed by atoms with Gasteiger partial charge in [0.1, 0.15) is 29.8 Å². The van der Waals surface area contributed by atoms with E-state index in [9.17, 15) is 23.2 Å². The average molecular weight is 533 g/mol. The number of anilines is 1. The van der Waals surface area contributed by atoms with E-state index in [1.54, 1.807) is 37.5 Å². The van der Waals surface area contributed by atoms with Crippen molar-refractivity contribution in [3.63, 3.8) is 0 Å². The van der Waals surface area contributed by atoms with Crippen LogP contribution < -0.4 is 16.8 Å². The highest BCUT2D eigenvalue weighted by atomic mass is 19.1. The molecule has 0 aliphatic carbocycles. The number of halogens is 2. The van der Waals surface area contributed by atoms with Crippen molar-refractivity contribution >= 4 is 23.6 Å². The van der Waals surface area contributed by atoms with Gasteiger partial charge in [-0.2, -0.15) is 0 Å². The molecule has 2 aromatic carbocycles. The number of nitrogens with two attached hydrogens (primary N) is 2. The molecule has 0 spiro atoms. The van der Waals surface area contributed by atoms with Crippen LogP contribution in [0.2, 0.25) is 0 Å². The summed E-state index contributed by atoms with van der Waals surface area (Å²) in [5, 5.41) is 28.4. The van der Waals surface area contributed by atoms with Crippen LogP contribution in [0.5, 0.6) is 0 Å². The van der Waals surface area contributed by atoms with Crippen LogP contribution in [0.3, 0.4) is 0 Å². The molecule has 3 rings (SSSR count). The molecule has 0 saturated carbocycles.